The molecular formula is C18H23FN4O4S. The number of hydrogen-bond acceptors (Lipinski definition) is 8. The molecule has 1 heterocycles. The molecule has 0 saturated carbocycles. The summed E-state index contributed by atoms with van der Waals surface area (Å²) in [6.45, 7) is 0. The number of fused-ring (bicyclic) bond motifs is 1. The Hall–Kier alpha value is -2.33. The van der Waals surface area contributed by atoms with E-state index < -0.39 is 15.8 Å². The predicted molar refractivity (Wildman–Crippen MR) is 101 cm³/mol. The van der Waals surface area contributed by atoms with Crippen LogP contribution in [-0.4, -0.2) is 48.7 Å². The van der Waals surface area contributed by atoms with E-state index in [2.05, 4.69) is 15.5 Å². The van der Waals surface area contributed by atoms with E-state index in [4.69, 9.17) is 9.41 Å². The third-order valence-electron chi connectivity index (χ3n) is 4.96. The van der Waals surface area contributed by atoms with Crippen LogP contribution in [0.4, 0.5) is 4.39 Å². The molecule has 3 atom stereocenters. The Morgan fingerprint density at radius 3 is 2.96 bits per heavy atom. The van der Waals surface area contributed by atoms with Gasteiger partial charge in [-0.05, 0) is 60.0 Å². The molecule has 0 amide bonds. The zero-order valence-corrected chi connectivity index (χ0v) is 16.3. The molecule has 1 aromatic heterocycles. The fraction of sp³-hybridized carbons (Fsp3) is 0.500. The number of nitrogens with zero attached hydrogens (tertiary/aromatic N) is 3. The SMILES string of the molecule is CS(=N)(=O)CCC(O)CCc1nonc1/C(C[C@H]1Cc2ccc(F)cc21)=N\O. The van der Waals surface area contributed by atoms with E-state index >= 15 is 0 Å². The highest BCUT2D eigenvalue weighted by Crippen LogP contribution is 2.38. The highest BCUT2D eigenvalue weighted by molar-refractivity contribution is 7.91. The van der Waals surface area contributed by atoms with Gasteiger partial charge in [-0.25, -0.2) is 9.02 Å². The Morgan fingerprint density at radius 2 is 2.25 bits per heavy atom. The number of benzene rings is 1. The van der Waals surface area contributed by atoms with E-state index in [0.717, 1.165) is 17.5 Å². The van der Waals surface area contributed by atoms with Gasteiger partial charge in [0.1, 0.15) is 17.2 Å². The lowest BCUT2D eigenvalue weighted by Gasteiger charge is -2.30. The van der Waals surface area contributed by atoms with Crippen molar-refractivity contribution in [1.82, 2.24) is 10.3 Å². The van der Waals surface area contributed by atoms with Crippen molar-refractivity contribution in [1.29, 1.82) is 4.78 Å². The first-order chi connectivity index (χ1) is 13.3. The normalized spacial score (nSPS) is 19.5. The predicted octanol–water partition coefficient (Wildman–Crippen LogP) is 2.48. The number of rotatable bonds is 9. The summed E-state index contributed by atoms with van der Waals surface area (Å²) in [6, 6.07) is 4.68. The van der Waals surface area contributed by atoms with Gasteiger partial charge in [0, 0.05) is 28.2 Å². The summed E-state index contributed by atoms with van der Waals surface area (Å²) in [6.07, 6.45) is 2.65. The summed E-state index contributed by atoms with van der Waals surface area (Å²) in [5.74, 6) is -0.145. The third kappa shape index (κ3) is 4.93. The van der Waals surface area contributed by atoms with Crippen LogP contribution in [0.25, 0.3) is 0 Å². The highest BCUT2D eigenvalue weighted by Gasteiger charge is 2.30. The molecule has 0 spiro atoms. The van der Waals surface area contributed by atoms with Gasteiger partial charge in [-0.1, -0.05) is 16.4 Å². The van der Waals surface area contributed by atoms with Gasteiger partial charge in [0.2, 0.25) is 0 Å². The minimum absolute atomic E-state index is 0.0292. The molecule has 1 aliphatic rings. The van der Waals surface area contributed by atoms with Crippen LogP contribution in [0, 0.1) is 10.6 Å². The van der Waals surface area contributed by atoms with Gasteiger partial charge >= 0.3 is 0 Å². The van der Waals surface area contributed by atoms with Crippen LogP contribution in [0.1, 0.15) is 47.7 Å². The van der Waals surface area contributed by atoms with Crippen LogP contribution < -0.4 is 0 Å². The highest BCUT2D eigenvalue weighted by atomic mass is 32.2. The summed E-state index contributed by atoms with van der Waals surface area (Å²) in [5, 5.41) is 30.5. The van der Waals surface area contributed by atoms with E-state index in [1.807, 2.05) is 0 Å². The third-order valence-corrected chi connectivity index (χ3v) is 5.97. The van der Waals surface area contributed by atoms with Crippen LogP contribution in [0.15, 0.2) is 28.0 Å². The molecule has 0 aliphatic heterocycles. The van der Waals surface area contributed by atoms with Crippen molar-refractivity contribution in [2.45, 2.75) is 44.1 Å². The standard InChI is InChI=1S/C18H23FN4O4S/c1-28(20,26)7-6-14(24)4-5-16-18(23-27-22-16)17(21-25)9-12-8-11-2-3-13(19)10-15(11)12/h2-3,10,12,14,20,24-25H,4-9H2,1H3/b21-17-/t12-,14?,28?/m1/s1. The Labute approximate surface area is 162 Å². The quantitative estimate of drug-likeness (QED) is 0.330. The van der Waals surface area contributed by atoms with Crippen molar-refractivity contribution in [3.05, 3.63) is 46.5 Å². The van der Waals surface area contributed by atoms with E-state index in [1.54, 1.807) is 6.07 Å². The number of aromatic nitrogens is 2. The molecular weight excluding hydrogens is 387 g/mol. The largest absolute Gasteiger partial charge is 0.411 e. The van der Waals surface area contributed by atoms with E-state index in [1.165, 1.54) is 18.4 Å². The van der Waals surface area contributed by atoms with Crippen molar-refractivity contribution in [3.63, 3.8) is 0 Å². The maximum Gasteiger partial charge on any atom is 0.155 e. The van der Waals surface area contributed by atoms with Gasteiger partial charge in [-0.3, -0.25) is 8.99 Å². The molecule has 1 aliphatic carbocycles. The number of aryl methyl sites for hydroxylation is 1. The van der Waals surface area contributed by atoms with Gasteiger partial charge in [-0.2, -0.15) is 0 Å². The monoisotopic (exact) mass is 410 g/mol. The molecule has 1 aromatic carbocycles. The van der Waals surface area contributed by atoms with Crippen molar-refractivity contribution in [2.75, 3.05) is 12.0 Å². The lowest BCUT2D eigenvalue weighted by atomic mass is 9.74. The maximum absolute atomic E-state index is 13.5. The zero-order valence-electron chi connectivity index (χ0n) is 15.5. The number of nitrogens with one attached hydrogen (secondary N) is 1. The summed E-state index contributed by atoms with van der Waals surface area (Å²) in [7, 11) is -2.64. The van der Waals surface area contributed by atoms with E-state index in [-0.39, 0.29) is 23.9 Å². The van der Waals surface area contributed by atoms with Gasteiger partial charge in [0.05, 0.1) is 6.10 Å². The smallest absolute Gasteiger partial charge is 0.155 e. The van der Waals surface area contributed by atoms with Gasteiger partial charge < -0.3 is 10.3 Å². The van der Waals surface area contributed by atoms with Gasteiger partial charge in [-0.15, -0.1) is 0 Å². The molecule has 2 aromatic rings. The minimum Gasteiger partial charge on any atom is -0.411 e. The molecule has 2 unspecified atom stereocenters. The Bertz CT molecular complexity index is 974. The Morgan fingerprint density at radius 1 is 1.46 bits per heavy atom. The molecule has 8 nitrogen and oxygen atoms in total. The lowest BCUT2D eigenvalue weighted by Crippen LogP contribution is -2.22. The fourth-order valence-corrected chi connectivity index (χ4v) is 4.10. The second-order valence-corrected chi connectivity index (χ2v) is 9.66. The molecule has 0 bridgehead atoms. The molecule has 3 rings (SSSR count). The second kappa shape index (κ2) is 8.36. The average molecular weight is 410 g/mol. The summed E-state index contributed by atoms with van der Waals surface area (Å²) in [5.41, 5.74) is 3.04. The number of oxime groups is 1. The minimum atomic E-state index is -2.64. The van der Waals surface area contributed by atoms with Crippen LogP contribution in [0.3, 0.4) is 0 Å². The number of aliphatic hydroxyl groups excluding tert-OH is 1. The average Bonchev–Trinajstić information content (AvgIpc) is 3.09. The van der Waals surface area contributed by atoms with Crippen LogP contribution >= 0.6 is 0 Å². The summed E-state index contributed by atoms with van der Waals surface area (Å²) in [4.78, 5) is 0. The zero-order chi connectivity index (χ0) is 20.3. The first kappa shape index (κ1) is 20.4. The van der Waals surface area contributed by atoms with Crippen LogP contribution in [0.5, 0.6) is 0 Å². The van der Waals surface area contributed by atoms with Crippen LogP contribution in [0.2, 0.25) is 0 Å². The molecule has 3 N–H and O–H groups in total. The van der Waals surface area contributed by atoms with Crippen molar-refractivity contribution < 1.29 is 23.5 Å². The first-order valence-electron chi connectivity index (χ1n) is 8.97. The lowest BCUT2D eigenvalue weighted by molar-refractivity contribution is 0.160. The second-order valence-electron chi connectivity index (χ2n) is 7.24. The first-order valence-corrected chi connectivity index (χ1v) is 11.1. The summed E-state index contributed by atoms with van der Waals surface area (Å²) < 4.78 is 37.0. The molecule has 10 heteroatoms. The molecule has 28 heavy (non-hydrogen) atoms. The fourth-order valence-electron chi connectivity index (χ4n) is 3.37. The van der Waals surface area contributed by atoms with E-state index in [9.17, 15) is 18.9 Å². The summed E-state index contributed by atoms with van der Waals surface area (Å²) >= 11 is 0. The van der Waals surface area contributed by atoms with Crippen molar-refractivity contribution in [3.8, 4) is 0 Å². The van der Waals surface area contributed by atoms with Gasteiger partial charge in [0.15, 0.2) is 5.69 Å². The molecule has 152 valence electrons. The Balaban J connectivity index is 1.62. The number of aliphatic hydroxyl groups is 1. The topological polar surface area (TPSA) is 133 Å². The molecule has 0 radical (unpaired) electrons. The van der Waals surface area contributed by atoms with Gasteiger partial charge in [0.25, 0.3) is 0 Å². The van der Waals surface area contributed by atoms with Crippen LogP contribution in [-0.2, 0) is 22.6 Å². The number of halogens is 1. The molecule has 0 saturated heterocycles. The molecule has 0 fully saturated rings. The maximum atomic E-state index is 13.5. The number of hydrogen-bond donors (Lipinski definition) is 3. The van der Waals surface area contributed by atoms with Crippen molar-refractivity contribution in [2.24, 2.45) is 5.16 Å². The Kier molecular flexibility index (Phi) is 6.09. The van der Waals surface area contributed by atoms with E-state index in [0.29, 0.717) is 36.4 Å². The van der Waals surface area contributed by atoms with Crippen molar-refractivity contribution >= 4 is 15.4 Å².